The number of hydrogen-bond donors (Lipinski definition) is 1. The second-order valence-corrected chi connectivity index (χ2v) is 10.0. The molecule has 9 nitrogen and oxygen atoms in total. The van der Waals surface area contributed by atoms with E-state index in [-0.39, 0.29) is 6.09 Å². The summed E-state index contributed by atoms with van der Waals surface area (Å²) in [6.07, 6.45) is -0.387. The van der Waals surface area contributed by atoms with Crippen LogP contribution in [0.4, 0.5) is 10.6 Å². The van der Waals surface area contributed by atoms with E-state index in [9.17, 15) is 4.79 Å². The summed E-state index contributed by atoms with van der Waals surface area (Å²) >= 11 is 0. The van der Waals surface area contributed by atoms with Gasteiger partial charge < -0.3 is 19.4 Å². The van der Waals surface area contributed by atoms with Crippen molar-refractivity contribution in [1.82, 2.24) is 25.2 Å². The average Bonchev–Trinajstić information content (AvgIpc) is 3.33. The van der Waals surface area contributed by atoms with Gasteiger partial charge in [0, 0.05) is 50.4 Å². The predicted octanol–water partition coefficient (Wildman–Crippen LogP) is 4.60. The van der Waals surface area contributed by atoms with Gasteiger partial charge in [0.05, 0.1) is 0 Å². The minimum absolute atomic E-state index is 0.387. The number of carbonyl (C=O) groups excluding carboxylic acids is 1. The third kappa shape index (κ3) is 6.06. The molecule has 2 aromatic heterocycles. The van der Waals surface area contributed by atoms with Crippen molar-refractivity contribution in [2.75, 3.05) is 44.2 Å². The molecule has 9 heteroatoms. The molecule has 192 valence electrons. The zero-order valence-electron chi connectivity index (χ0n) is 21.5. The number of nitrogens with zero attached hydrogens (tertiary/aromatic N) is 5. The zero-order chi connectivity index (χ0) is 25.8. The Hall–Kier alpha value is -3.98. The lowest BCUT2D eigenvalue weighted by Crippen LogP contribution is -2.49. The molecule has 1 fully saturated rings. The third-order valence-electron chi connectivity index (χ3n) is 6.06. The number of piperazine rings is 1. The molecule has 0 atom stereocenters. The molecular weight excluding hydrogens is 468 g/mol. The maximum atomic E-state index is 11.9. The van der Waals surface area contributed by atoms with Crippen LogP contribution in [0.15, 0.2) is 65.1 Å². The number of alkyl carbamates (subject to hydrolysis) is 1. The van der Waals surface area contributed by atoms with Crippen LogP contribution in [0.1, 0.15) is 20.8 Å². The summed E-state index contributed by atoms with van der Waals surface area (Å²) in [4.78, 5) is 30.9. The molecule has 5 rings (SSSR count). The minimum Gasteiger partial charge on any atom is -0.444 e. The van der Waals surface area contributed by atoms with Gasteiger partial charge in [-0.25, -0.2) is 14.8 Å². The maximum Gasteiger partial charge on any atom is 0.407 e. The second-order valence-electron chi connectivity index (χ2n) is 10.0. The number of amides is 1. The number of nitrogens with one attached hydrogen (secondary N) is 1. The van der Waals surface area contributed by atoms with Gasteiger partial charge in [-0.3, -0.25) is 4.90 Å². The Morgan fingerprint density at radius 2 is 1.57 bits per heavy atom. The summed E-state index contributed by atoms with van der Waals surface area (Å²) in [6, 6.07) is 19.8. The Morgan fingerprint density at radius 1 is 0.919 bits per heavy atom. The van der Waals surface area contributed by atoms with E-state index in [0.29, 0.717) is 29.5 Å². The van der Waals surface area contributed by atoms with Crippen LogP contribution >= 0.6 is 0 Å². The van der Waals surface area contributed by atoms with Crippen LogP contribution < -0.4 is 10.2 Å². The third-order valence-corrected chi connectivity index (χ3v) is 6.06. The Kier molecular flexibility index (Phi) is 7.05. The van der Waals surface area contributed by atoms with Crippen molar-refractivity contribution >= 4 is 23.1 Å². The molecule has 0 spiro atoms. The maximum absolute atomic E-state index is 11.9. The van der Waals surface area contributed by atoms with Crippen molar-refractivity contribution < 1.29 is 13.9 Å². The van der Waals surface area contributed by atoms with Crippen molar-refractivity contribution in [2.45, 2.75) is 26.4 Å². The molecule has 1 N–H and O–H groups in total. The lowest BCUT2D eigenvalue weighted by molar-refractivity contribution is 0.0521. The van der Waals surface area contributed by atoms with Gasteiger partial charge in [0.1, 0.15) is 5.60 Å². The van der Waals surface area contributed by atoms with Gasteiger partial charge in [-0.15, -0.1) is 0 Å². The number of fused-ring (bicyclic) bond motifs is 1. The van der Waals surface area contributed by atoms with Crippen LogP contribution in [-0.2, 0) is 4.74 Å². The summed E-state index contributed by atoms with van der Waals surface area (Å²) in [5.41, 5.74) is 2.47. The van der Waals surface area contributed by atoms with E-state index < -0.39 is 5.60 Å². The van der Waals surface area contributed by atoms with Crippen molar-refractivity contribution in [1.29, 1.82) is 0 Å². The van der Waals surface area contributed by atoms with Crippen molar-refractivity contribution in [3.05, 3.63) is 60.7 Å². The number of anilines is 1. The molecule has 4 aromatic rings. The smallest absolute Gasteiger partial charge is 0.407 e. The van der Waals surface area contributed by atoms with Gasteiger partial charge in [0.15, 0.2) is 11.6 Å². The Labute approximate surface area is 216 Å². The highest BCUT2D eigenvalue weighted by atomic mass is 16.6. The first kappa shape index (κ1) is 24.7. The number of ether oxygens (including phenoxy) is 1. The number of carbonyl (C=O) groups is 1. The van der Waals surface area contributed by atoms with Crippen LogP contribution in [0.5, 0.6) is 0 Å². The highest BCUT2D eigenvalue weighted by Crippen LogP contribution is 2.32. The van der Waals surface area contributed by atoms with E-state index in [1.54, 1.807) is 0 Å². The van der Waals surface area contributed by atoms with E-state index in [1.165, 1.54) is 0 Å². The van der Waals surface area contributed by atoms with Crippen LogP contribution in [0.2, 0.25) is 0 Å². The molecule has 0 unspecified atom stereocenters. The quantitative estimate of drug-likeness (QED) is 0.410. The zero-order valence-corrected chi connectivity index (χ0v) is 21.5. The largest absolute Gasteiger partial charge is 0.444 e. The number of aromatic nitrogens is 3. The van der Waals surface area contributed by atoms with Crippen molar-refractivity contribution in [3.63, 3.8) is 0 Å². The van der Waals surface area contributed by atoms with E-state index in [4.69, 9.17) is 24.1 Å². The molecule has 0 saturated carbocycles. The first-order chi connectivity index (χ1) is 17.9. The monoisotopic (exact) mass is 500 g/mol. The van der Waals surface area contributed by atoms with Crippen molar-refractivity contribution in [2.24, 2.45) is 0 Å². The molecule has 1 saturated heterocycles. The molecule has 0 aliphatic carbocycles. The fraction of sp³-hybridized carbons (Fsp3) is 0.357. The summed E-state index contributed by atoms with van der Waals surface area (Å²) < 4.78 is 11.6. The number of benzene rings is 2. The molecule has 1 amide bonds. The van der Waals surface area contributed by atoms with Gasteiger partial charge >= 0.3 is 6.09 Å². The Balaban J connectivity index is 1.33. The van der Waals surface area contributed by atoms with Crippen molar-refractivity contribution in [3.8, 4) is 22.8 Å². The Morgan fingerprint density at radius 3 is 2.22 bits per heavy atom. The summed E-state index contributed by atoms with van der Waals surface area (Å²) in [5.74, 6) is 1.91. The molecule has 2 aromatic carbocycles. The van der Waals surface area contributed by atoms with Crippen LogP contribution in [0, 0.1) is 0 Å². The van der Waals surface area contributed by atoms with Gasteiger partial charge in [0.2, 0.25) is 17.1 Å². The summed E-state index contributed by atoms with van der Waals surface area (Å²) in [7, 11) is 0. The van der Waals surface area contributed by atoms with Crippen LogP contribution in [-0.4, -0.2) is 70.8 Å². The molecule has 1 aliphatic heterocycles. The molecule has 0 bridgehead atoms. The van der Waals surface area contributed by atoms with E-state index in [2.05, 4.69) is 15.1 Å². The standard InChI is InChI=1S/C28H32N6O3/c1-28(2,3)37-27(35)29-14-15-33-16-18-34(19-17-33)25-22-24(30-23(31-25)20-10-6-4-7-11-20)32-26(36-22)21-12-8-5-9-13-21/h4-13H,14-19H2,1-3H3,(H,29,35). The van der Waals surface area contributed by atoms with Gasteiger partial charge in [-0.2, -0.15) is 4.98 Å². The highest BCUT2D eigenvalue weighted by Gasteiger charge is 2.25. The van der Waals surface area contributed by atoms with E-state index in [1.807, 2.05) is 81.4 Å². The lowest BCUT2D eigenvalue weighted by Gasteiger charge is -2.35. The molecule has 0 radical (unpaired) electrons. The van der Waals surface area contributed by atoms with Crippen LogP contribution in [0.25, 0.3) is 34.1 Å². The SMILES string of the molecule is CC(C)(C)OC(=O)NCCN1CCN(c2nc(-c3ccccc3)nc3nc(-c4ccccc4)oc23)CC1. The van der Waals surface area contributed by atoms with E-state index in [0.717, 1.165) is 49.7 Å². The molecular formula is C28H32N6O3. The first-order valence-corrected chi connectivity index (χ1v) is 12.6. The minimum atomic E-state index is -0.502. The lowest BCUT2D eigenvalue weighted by atomic mass is 10.2. The highest BCUT2D eigenvalue weighted by molar-refractivity contribution is 5.85. The summed E-state index contributed by atoms with van der Waals surface area (Å²) in [6.45, 7) is 10.1. The van der Waals surface area contributed by atoms with E-state index >= 15 is 0 Å². The first-order valence-electron chi connectivity index (χ1n) is 12.6. The molecule has 37 heavy (non-hydrogen) atoms. The predicted molar refractivity (Wildman–Crippen MR) is 143 cm³/mol. The van der Waals surface area contributed by atoms with Gasteiger partial charge in [-0.05, 0) is 32.9 Å². The van der Waals surface area contributed by atoms with Crippen LogP contribution in [0.3, 0.4) is 0 Å². The fourth-order valence-corrected chi connectivity index (χ4v) is 4.26. The Bertz CT molecular complexity index is 1340. The molecule has 1 aliphatic rings. The number of rotatable bonds is 6. The fourth-order valence-electron chi connectivity index (χ4n) is 4.26. The average molecular weight is 501 g/mol. The molecule has 3 heterocycles. The van der Waals surface area contributed by atoms with Gasteiger partial charge in [-0.1, -0.05) is 48.5 Å². The number of hydrogen-bond acceptors (Lipinski definition) is 8. The van der Waals surface area contributed by atoms with Gasteiger partial charge in [0.25, 0.3) is 0 Å². The normalized spacial score (nSPS) is 14.6. The summed E-state index contributed by atoms with van der Waals surface area (Å²) in [5, 5.41) is 2.84. The number of oxazole rings is 1. The second kappa shape index (κ2) is 10.6. The topological polar surface area (TPSA) is 96.6 Å².